The van der Waals surface area contributed by atoms with Crippen molar-refractivity contribution in [2.75, 3.05) is 59.4 Å². The van der Waals surface area contributed by atoms with Gasteiger partial charge in [0.25, 0.3) is 11.7 Å². The first-order valence-electron chi connectivity index (χ1n) is 32.1. The molecule has 6 aliphatic rings. The Morgan fingerprint density at radius 1 is 0.691 bits per heavy atom. The highest BCUT2D eigenvalue weighted by atomic mass is 35.5. The number of Topliss-reactive ketones (excluding diaryl/α,β-unsaturated/α-hetero) is 1. The summed E-state index contributed by atoms with van der Waals surface area (Å²) >= 11 is 12.0. The van der Waals surface area contributed by atoms with Crippen molar-refractivity contribution in [1.82, 2.24) is 36.1 Å². The van der Waals surface area contributed by atoms with Crippen LogP contribution >= 0.6 is 23.2 Å². The van der Waals surface area contributed by atoms with Crippen molar-refractivity contribution in [3.05, 3.63) is 159 Å². The van der Waals surface area contributed by atoms with Gasteiger partial charge in [0.15, 0.2) is 34.5 Å². The highest BCUT2D eigenvalue weighted by Gasteiger charge is 2.41. The number of rotatable bonds is 20. The Labute approximate surface area is 556 Å². The zero-order valence-corrected chi connectivity index (χ0v) is 54.7. The van der Waals surface area contributed by atoms with Crippen LogP contribution in [-0.2, 0) is 22.6 Å². The number of ketones is 1. The Morgan fingerprint density at radius 3 is 1.95 bits per heavy atom. The zero-order chi connectivity index (χ0) is 66.3. The number of unbranched alkanes of at least 4 members (excludes halogenated alkanes) is 1. The average Bonchev–Trinajstić information content (AvgIpc) is 1.64. The van der Waals surface area contributed by atoms with Crippen molar-refractivity contribution in [3.63, 3.8) is 0 Å². The van der Waals surface area contributed by atoms with Gasteiger partial charge >= 0.3 is 12.1 Å². The van der Waals surface area contributed by atoms with Crippen LogP contribution in [0.5, 0.6) is 40.2 Å². The van der Waals surface area contributed by atoms with Crippen LogP contribution < -0.4 is 60.3 Å². The highest BCUT2D eigenvalue weighted by molar-refractivity contribution is 6.50. The van der Waals surface area contributed by atoms with Gasteiger partial charge in [-0.2, -0.15) is 0 Å². The lowest BCUT2D eigenvalue weighted by Crippen LogP contribution is -2.47. The molecule has 6 amide bonds. The van der Waals surface area contributed by atoms with Crippen LogP contribution in [0.3, 0.4) is 0 Å². The fourth-order valence-electron chi connectivity index (χ4n) is 12.8. The Morgan fingerprint density at radius 2 is 1.33 bits per heavy atom. The summed E-state index contributed by atoms with van der Waals surface area (Å²) in [6, 6.07) is 28.5. The van der Waals surface area contributed by atoms with Crippen LogP contribution in [0, 0.1) is 17.7 Å². The Balaban J connectivity index is 0.000000139. The van der Waals surface area contributed by atoms with E-state index in [-0.39, 0.29) is 68.7 Å². The van der Waals surface area contributed by atoms with Crippen molar-refractivity contribution < 1.29 is 61.9 Å². The van der Waals surface area contributed by atoms with E-state index in [4.69, 9.17) is 51.6 Å². The molecule has 3 aliphatic heterocycles. The van der Waals surface area contributed by atoms with Gasteiger partial charge in [0, 0.05) is 80.5 Å². The van der Waals surface area contributed by atoms with Crippen molar-refractivity contribution in [1.29, 1.82) is 0 Å². The van der Waals surface area contributed by atoms with Crippen molar-refractivity contribution in [2.24, 2.45) is 11.8 Å². The number of nitrogens with zero attached hydrogens (tertiary/aromatic N) is 2. The van der Waals surface area contributed by atoms with Gasteiger partial charge < -0.3 is 70.0 Å². The number of aromatic nitrogens is 2. The number of carbonyl (C=O) groups is 5. The number of benzene rings is 5. The molecule has 7 aromatic rings. The van der Waals surface area contributed by atoms with Gasteiger partial charge in [-0.25, -0.2) is 14.0 Å². The molecule has 13 rings (SSSR count). The fourth-order valence-corrected chi connectivity index (χ4v) is 13.3. The minimum Gasteiger partial charge on any atom is -0.508 e. The number of halogens is 3. The summed E-state index contributed by atoms with van der Waals surface area (Å²) in [5.74, 6) is 4.78. The van der Waals surface area contributed by atoms with E-state index >= 15 is 0 Å². The minimum absolute atomic E-state index is 0.0540. The number of aromatic hydroxyl groups is 1. The summed E-state index contributed by atoms with van der Waals surface area (Å²) < 4.78 is 49.4. The van der Waals surface area contributed by atoms with E-state index in [0.29, 0.717) is 74.8 Å². The summed E-state index contributed by atoms with van der Waals surface area (Å²) in [4.78, 5) is 63.1. The first-order valence-corrected chi connectivity index (χ1v) is 32.8. The van der Waals surface area contributed by atoms with Crippen LogP contribution in [0.1, 0.15) is 122 Å². The molecule has 23 heteroatoms. The minimum atomic E-state index is -0.945. The molecule has 20 nitrogen and oxygen atoms in total. The molecule has 5 heterocycles. The van der Waals surface area contributed by atoms with Crippen LogP contribution in [-0.4, -0.2) is 117 Å². The first-order chi connectivity index (χ1) is 45.5. The number of ether oxygens (including phenoxy) is 6. The van der Waals surface area contributed by atoms with Crippen LogP contribution in [0.25, 0.3) is 10.9 Å². The second-order valence-corrected chi connectivity index (χ2v) is 25.2. The lowest BCUT2D eigenvalue weighted by Gasteiger charge is -2.27. The SMILES string of the molecule is CCCCOc1cc(CC2CNC(=O)N2)ccc1OC.COc1ccc(C2CNC(=O)C2)cc1OC1CCCC1.COc1ccc(C2CNC(=O)NC2)cc1O[C@H]1C[C@@H]2CC[C@H]1C2.O=C(Nc1c(Cl)cncc1Cl)C(=O)c1cn(Cc2ccc(F)cc2)c2ccc(O)cc12. The molecule has 3 saturated carbocycles. The summed E-state index contributed by atoms with van der Waals surface area (Å²) in [6.45, 7) is 5.85. The van der Waals surface area contributed by atoms with E-state index in [1.807, 2.05) is 42.5 Å². The molecule has 3 aliphatic carbocycles. The number of pyridine rings is 1. The Hall–Kier alpha value is -8.95. The summed E-state index contributed by atoms with van der Waals surface area (Å²) in [5, 5.41) is 27.1. The highest BCUT2D eigenvalue weighted by Crippen LogP contribution is 2.47. The Kier molecular flexibility index (Phi) is 23.3. The number of nitrogens with one attached hydrogen (secondary N) is 6. The third-order valence-corrected chi connectivity index (χ3v) is 18.4. The van der Waals surface area contributed by atoms with Gasteiger partial charge in [0.2, 0.25) is 5.91 Å². The molecule has 2 unspecified atom stereocenters. The Bertz CT molecular complexity index is 3780. The van der Waals surface area contributed by atoms with E-state index in [1.165, 1.54) is 86.9 Å². The number of anilines is 1. The number of phenols is 1. The van der Waals surface area contributed by atoms with E-state index in [1.54, 1.807) is 44.1 Å². The quantitative estimate of drug-likeness (QED) is 0.0213. The monoisotopic (exact) mass is 1330 g/mol. The fraction of sp³-hybridized carbons (Fsp3) is 0.408. The summed E-state index contributed by atoms with van der Waals surface area (Å²) in [7, 11) is 4.99. The van der Waals surface area contributed by atoms with E-state index in [2.05, 4.69) is 55.9 Å². The third-order valence-electron chi connectivity index (χ3n) is 17.8. The molecule has 2 aromatic heterocycles. The number of phenolic OH excluding ortho intramolecular Hbond substituents is 1. The molecule has 6 fully saturated rings. The molecule has 5 atom stereocenters. The van der Waals surface area contributed by atoms with Crippen LogP contribution in [0.15, 0.2) is 116 Å². The lowest BCUT2D eigenvalue weighted by molar-refractivity contribution is -0.119. The number of methoxy groups -OCH3 is 3. The largest absolute Gasteiger partial charge is 0.508 e. The maximum absolute atomic E-state index is 13.2. The van der Waals surface area contributed by atoms with Gasteiger partial charge in [0.1, 0.15) is 17.7 Å². The normalized spacial score (nSPS) is 19.5. The molecule has 3 saturated heterocycles. The summed E-state index contributed by atoms with van der Waals surface area (Å²) in [6.07, 6.45) is 18.1. The second-order valence-electron chi connectivity index (χ2n) is 24.4. The predicted molar refractivity (Wildman–Crippen MR) is 357 cm³/mol. The topological polar surface area (TPSA) is 251 Å². The third kappa shape index (κ3) is 17.6. The van der Waals surface area contributed by atoms with Gasteiger partial charge in [-0.1, -0.05) is 66.9 Å². The smallest absolute Gasteiger partial charge is 0.315 e. The lowest BCUT2D eigenvalue weighted by atomic mass is 9.96. The second kappa shape index (κ2) is 32.3. The van der Waals surface area contributed by atoms with Gasteiger partial charge in [-0.3, -0.25) is 19.4 Å². The van der Waals surface area contributed by atoms with Gasteiger partial charge in [-0.05, 0) is 165 Å². The maximum atomic E-state index is 13.2. The average molecular weight is 1330 g/mol. The molecule has 7 N–H and O–H groups in total. The molecular weight excluding hydrogens is 1250 g/mol. The van der Waals surface area contributed by atoms with Gasteiger partial charge in [-0.15, -0.1) is 0 Å². The maximum Gasteiger partial charge on any atom is 0.315 e. The van der Waals surface area contributed by atoms with Crippen molar-refractivity contribution in [3.8, 4) is 40.2 Å². The number of hydrogen-bond donors (Lipinski definition) is 7. The first kappa shape index (κ1) is 67.9. The van der Waals surface area contributed by atoms with Crippen LogP contribution in [0.4, 0.5) is 19.7 Å². The van der Waals surface area contributed by atoms with E-state index in [9.17, 15) is 33.5 Å². The zero-order valence-electron chi connectivity index (χ0n) is 53.2. The van der Waals surface area contributed by atoms with E-state index in [0.717, 1.165) is 89.2 Å². The molecule has 0 spiro atoms. The standard InChI is InChI=1S/C22H14Cl2FN3O3.C18H24N2O3.C16H21NO3.C15H22N2O3/c23-17-8-26-9-18(24)20(17)27-22(31)21(30)16-11-28(10-12-1-3-13(25)4-2-12)19-6-5-14(29)7-15(16)19;1-22-15-5-4-12(14-9-19-18(21)20-10-14)8-17(15)23-16-7-11-2-3-13(16)6-11;1-19-14-7-6-11(12-9-16(18)17-10-12)8-15(14)20-13-4-2-3-5-13;1-3-4-7-20-14-9-11(5-6-13(14)19-2)8-12-10-16-15(18)17-12/h1-9,11,29H,10H2,(H,26,27,31);4-5,8,11,13-14,16H,2-3,6-7,9-10H2,1H3,(H2,19,20,21);6-8,12-13H,2-5,9-10H2,1H3,(H,17,18);5-6,9,12H,3-4,7-8,10H2,1-2H3,(H2,16,17,18)/t;11-,13+,16+;;/m.1../s1. The van der Waals surface area contributed by atoms with Crippen LogP contribution in [0.2, 0.25) is 10.0 Å². The molecule has 2 bridgehead atoms. The van der Waals surface area contributed by atoms with Crippen molar-refractivity contribution in [2.45, 2.75) is 121 Å². The number of amides is 6. The molecular formula is C71H81Cl2FN8O12. The number of hydrogen-bond acceptors (Lipinski definition) is 13. The van der Waals surface area contributed by atoms with Crippen molar-refractivity contribution >= 4 is 69.5 Å². The number of fused-ring (bicyclic) bond motifs is 3. The molecule has 94 heavy (non-hydrogen) atoms. The van der Waals surface area contributed by atoms with Gasteiger partial charge in [0.05, 0.1) is 61.4 Å². The number of urea groups is 2. The molecule has 0 radical (unpaired) electrons. The molecule has 498 valence electrons. The summed E-state index contributed by atoms with van der Waals surface area (Å²) in [5.41, 5.74) is 5.05. The van der Waals surface area contributed by atoms with E-state index < -0.39 is 11.7 Å². The molecule has 5 aromatic carbocycles. The predicted octanol–water partition coefficient (Wildman–Crippen LogP) is 12.4. The number of carbonyl (C=O) groups excluding carboxylic acids is 5.